The van der Waals surface area contributed by atoms with Crippen LogP contribution < -0.4 is 11.1 Å². The van der Waals surface area contributed by atoms with Gasteiger partial charge in [-0.3, -0.25) is 29.8 Å². The first kappa shape index (κ1) is 25.3. The lowest BCUT2D eigenvalue weighted by Gasteiger charge is -2.01. The van der Waals surface area contributed by atoms with Crippen LogP contribution in [-0.2, 0) is 0 Å². The fourth-order valence-corrected chi connectivity index (χ4v) is 4.32. The van der Waals surface area contributed by atoms with E-state index in [1.807, 2.05) is 6.07 Å². The summed E-state index contributed by atoms with van der Waals surface area (Å²) in [5.41, 5.74) is 4.23. The molecular weight excluding hydrogens is 523 g/mol. The third-order valence-corrected chi connectivity index (χ3v) is 6.35. The second-order valence-corrected chi connectivity index (χ2v) is 9.45. The molecule has 8 nitrogen and oxygen atoms in total. The number of rotatable bonds is 6. The van der Waals surface area contributed by atoms with Gasteiger partial charge in [-0.05, 0) is 68.4 Å². The van der Waals surface area contributed by atoms with Crippen LogP contribution in [0.2, 0.25) is 10.0 Å². The lowest BCUT2D eigenvalue weighted by Crippen LogP contribution is -2.17. The molecule has 0 aliphatic heterocycles. The number of H-pyrrole nitrogens is 2. The maximum atomic E-state index is 13.0. The normalized spacial score (nSPS) is 11.7. The molecule has 0 amide bonds. The van der Waals surface area contributed by atoms with Crippen molar-refractivity contribution in [3.05, 3.63) is 126 Å². The Hall–Kier alpha value is -4.40. The predicted molar refractivity (Wildman–Crippen MR) is 153 cm³/mol. The molecule has 5 rings (SSSR count). The number of benzene rings is 3. The summed E-state index contributed by atoms with van der Waals surface area (Å²) >= 11 is 12.1. The highest BCUT2D eigenvalue weighted by Gasteiger charge is 2.12. The number of aromatic amines is 2. The van der Waals surface area contributed by atoms with E-state index < -0.39 is 0 Å². The van der Waals surface area contributed by atoms with E-state index in [2.05, 4.69) is 20.2 Å². The van der Waals surface area contributed by atoms with Crippen LogP contribution in [0.5, 0.6) is 0 Å². The van der Waals surface area contributed by atoms with Crippen molar-refractivity contribution in [1.29, 1.82) is 0 Å². The minimum absolute atomic E-state index is 0.235. The van der Waals surface area contributed by atoms with Crippen molar-refractivity contribution in [1.82, 2.24) is 19.6 Å². The average Bonchev–Trinajstić information content (AvgIpc) is 3.35. The van der Waals surface area contributed by atoms with E-state index in [1.165, 1.54) is 21.8 Å². The van der Waals surface area contributed by atoms with Crippen molar-refractivity contribution < 1.29 is 0 Å². The molecule has 2 N–H and O–H groups in total. The second-order valence-electron chi connectivity index (χ2n) is 8.58. The molecule has 38 heavy (non-hydrogen) atoms. The molecule has 0 saturated carbocycles. The van der Waals surface area contributed by atoms with Crippen molar-refractivity contribution in [3.63, 3.8) is 0 Å². The van der Waals surface area contributed by atoms with E-state index in [0.717, 1.165) is 0 Å². The quantitative estimate of drug-likeness (QED) is 0.253. The van der Waals surface area contributed by atoms with Crippen LogP contribution >= 0.6 is 23.2 Å². The number of hydrogen-bond acceptors (Lipinski definition) is 4. The largest absolute Gasteiger partial charge is 0.295 e. The molecule has 190 valence electrons. The van der Waals surface area contributed by atoms with E-state index in [-0.39, 0.29) is 11.1 Å². The Morgan fingerprint density at radius 1 is 0.658 bits per heavy atom. The molecule has 0 aliphatic rings. The van der Waals surface area contributed by atoms with Gasteiger partial charge < -0.3 is 0 Å². The highest BCUT2D eigenvalue weighted by atomic mass is 35.5. The van der Waals surface area contributed by atoms with Crippen LogP contribution in [0.4, 0.5) is 11.4 Å². The first-order valence-corrected chi connectivity index (χ1v) is 12.4. The van der Waals surface area contributed by atoms with Crippen LogP contribution in [0.25, 0.3) is 11.4 Å². The van der Waals surface area contributed by atoms with Crippen LogP contribution in [0.3, 0.4) is 0 Å². The molecule has 2 aromatic heterocycles. The van der Waals surface area contributed by atoms with E-state index in [9.17, 15) is 9.59 Å². The molecule has 0 aliphatic carbocycles. The summed E-state index contributed by atoms with van der Waals surface area (Å²) in [4.78, 5) is 34.9. The fraction of sp³-hybridized carbons (Fsp3) is 0.0714. The Morgan fingerprint density at radius 2 is 1.08 bits per heavy atom. The van der Waals surface area contributed by atoms with Crippen molar-refractivity contribution in [2.45, 2.75) is 13.8 Å². The predicted octanol–water partition coefficient (Wildman–Crippen LogP) is 6.07. The van der Waals surface area contributed by atoms with Crippen molar-refractivity contribution in [2.75, 3.05) is 0 Å². The smallest absolute Gasteiger partial charge is 0.280 e. The maximum absolute atomic E-state index is 13.0. The SMILES string of the molecule is Cc1[nH]n(-c2cccc(Cl)c2)c(=O)c1C=Nc1cccc(N=Cc2c(C)[nH]n(-c3cccc(Cl)c3)c2=O)c1. The Morgan fingerprint density at radius 3 is 1.50 bits per heavy atom. The minimum Gasteiger partial charge on any atom is -0.295 e. The number of halogens is 2. The molecule has 0 atom stereocenters. The lowest BCUT2D eigenvalue weighted by molar-refractivity contribution is 0.835. The van der Waals surface area contributed by atoms with Gasteiger partial charge in [0.15, 0.2) is 0 Å². The summed E-state index contributed by atoms with van der Waals surface area (Å²) in [7, 11) is 0. The monoisotopic (exact) mass is 544 g/mol. The zero-order chi connectivity index (χ0) is 26.8. The van der Waals surface area contributed by atoms with Gasteiger partial charge in [-0.1, -0.05) is 41.4 Å². The van der Waals surface area contributed by atoms with E-state index in [1.54, 1.807) is 80.6 Å². The van der Waals surface area contributed by atoms with Gasteiger partial charge in [0.05, 0.1) is 33.9 Å². The molecule has 10 heteroatoms. The van der Waals surface area contributed by atoms with E-state index >= 15 is 0 Å². The first-order valence-electron chi connectivity index (χ1n) is 11.6. The molecule has 0 radical (unpaired) electrons. The molecule has 3 aromatic carbocycles. The third kappa shape index (κ3) is 5.18. The Kier molecular flexibility index (Phi) is 7.00. The van der Waals surface area contributed by atoms with Gasteiger partial charge in [0, 0.05) is 33.9 Å². The van der Waals surface area contributed by atoms with Gasteiger partial charge >= 0.3 is 0 Å². The topological polar surface area (TPSA) is 100 Å². The molecule has 0 saturated heterocycles. The maximum Gasteiger partial charge on any atom is 0.280 e. The fourth-order valence-electron chi connectivity index (χ4n) is 3.95. The number of nitrogens with zero attached hydrogens (tertiary/aromatic N) is 4. The summed E-state index contributed by atoms with van der Waals surface area (Å²) in [6.45, 7) is 3.61. The number of hydrogen-bond donors (Lipinski definition) is 2. The summed E-state index contributed by atoms with van der Waals surface area (Å²) in [6.07, 6.45) is 3.05. The van der Waals surface area contributed by atoms with E-state index in [0.29, 0.717) is 55.3 Å². The van der Waals surface area contributed by atoms with Gasteiger partial charge in [-0.2, -0.15) is 0 Å². The zero-order valence-corrected chi connectivity index (χ0v) is 22.0. The average molecular weight is 545 g/mol. The molecule has 0 unspecified atom stereocenters. The number of aliphatic imine (C=N–C) groups is 2. The number of aromatic nitrogens is 4. The van der Waals surface area contributed by atoms with Crippen molar-refractivity contribution in [2.24, 2.45) is 9.98 Å². The van der Waals surface area contributed by atoms with Crippen molar-refractivity contribution >= 4 is 47.0 Å². The lowest BCUT2D eigenvalue weighted by atomic mass is 10.2. The Bertz CT molecular complexity index is 1690. The molecule has 5 aromatic rings. The molecular formula is C28H22Cl2N6O2. The highest BCUT2D eigenvalue weighted by molar-refractivity contribution is 6.31. The van der Waals surface area contributed by atoms with Gasteiger partial charge in [0.2, 0.25) is 0 Å². The minimum atomic E-state index is -0.235. The highest BCUT2D eigenvalue weighted by Crippen LogP contribution is 2.21. The number of nitrogens with one attached hydrogen (secondary N) is 2. The molecule has 0 spiro atoms. The second kappa shape index (κ2) is 10.5. The van der Waals surface area contributed by atoms with Gasteiger partial charge in [0.1, 0.15) is 0 Å². The van der Waals surface area contributed by atoms with Gasteiger partial charge in [-0.15, -0.1) is 0 Å². The zero-order valence-electron chi connectivity index (χ0n) is 20.4. The summed E-state index contributed by atoms with van der Waals surface area (Å²) in [5.74, 6) is 0. The molecule has 0 fully saturated rings. The molecule has 0 bridgehead atoms. The van der Waals surface area contributed by atoms with Gasteiger partial charge in [0.25, 0.3) is 11.1 Å². The first-order chi connectivity index (χ1) is 18.3. The van der Waals surface area contributed by atoms with Crippen LogP contribution in [-0.4, -0.2) is 32.0 Å². The summed E-state index contributed by atoms with van der Waals surface area (Å²) < 4.78 is 2.86. The van der Waals surface area contributed by atoms with Gasteiger partial charge in [-0.25, -0.2) is 9.36 Å². The Balaban J connectivity index is 1.39. The summed E-state index contributed by atoms with van der Waals surface area (Å²) in [6, 6.07) is 21.2. The Labute approximate surface area is 227 Å². The standard InChI is InChI=1S/C28H22Cl2N6O2/c1-17-25(27(37)35(33-17)23-10-3-6-19(29)12-23)15-31-21-8-5-9-22(14-21)32-16-26-18(2)34-36(28(26)38)24-11-4-7-20(30)13-24/h3-16,33-34H,1-2H3. The third-order valence-electron chi connectivity index (χ3n) is 5.88. The van der Waals surface area contributed by atoms with Crippen LogP contribution in [0, 0.1) is 13.8 Å². The molecule has 2 heterocycles. The summed E-state index contributed by atoms with van der Waals surface area (Å²) in [5, 5.41) is 7.19. The number of aryl methyl sites for hydroxylation is 2. The van der Waals surface area contributed by atoms with Crippen LogP contribution in [0.15, 0.2) is 92.4 Å². The van der Waals surface area contributed by atoms with E-state index in [4.69, 9.17) is 23.2 Å². The van der Waals surface area contributed by atoms with Crippen LogP contribution in [0.1, 0.15) is 22.5 Å². The van der Waals surface area contributed by atoms with Crippen molar-refractivity contribution in [3.8, 4) is 11.4 Å².